The zero-order chi connectivity index (χ0) is 15.8. The number of carbonyl (C=O) groups is 1. The number of carbonyl (C=O) groups excluding carboxylic acids is 1. The second kappa shape index (κ2) is 15.5. The smallest absolute Gasteiger partial charge is 0.366 e. The van der Waals surface area contributed by atoms with E-state index in [2.05, 4.69) is 11.7 Å². The van der Waals surface area contributed by atoms with Gasteiger partial charge in [-0.3, -0.25) is 0 Å². The summed E-state index contributed by atoms with van der Waals surface area (Å²) in [6, 6.07) is 0. The van der Waals surface area contributed by atoms with Crippen molar-refractivity contribution in [1.82, 2.24) is 0 Å². The van der Waals surface area contributed by atoms with Crippen molar-refractivity contribution < 1.29 is 13.9 Å². The van der Waals surface area contributed by atoms with E-state index in [4.69, 9.17) is 0 Å². The Morgan fingerprint density at radius 1 is 0.857 bits per heavy atom. The Kier molecular flexibility index (Phi) is 14.9. The maximum atomic E-state index is 13.2. The summed E-state index contributed by atoms with van der Waals surface area (Å²) in [6.07, 6.45) is 16.0. The fraction of sp³-hybridized carbons (Fsp3) is 0.833. The van der Waals surface area contributed by atoms with Gasteiger partial charge in [-0.25, -0.2) is 4.79 Å². The van der Waals surface area contributed by atoms with Crippen LogP contribution in [0.2, 0.25) is 0 Å². The summed E-state index contributed by atoms with van der Waals surface area (Å²) in [7, 11) is 0. The molecule has 0 aromatic carbocycles. The van der Waals surface area contributed by atoms with Crippen LogP contribution in [0.3, 0.4) is 0 Å². The molecule has 0 rings (SSSR count). The minimum absolute atomic E-state index is 0.221. The molecule has 0 saturated carbocycles. The molecule has 0 aliphatic heterocycles. The van der Waals surface area contributed by atoms with E-state index in [0.717, 1.165) is 12.8 Å². The van der Waals surface area contributed by atoms with Gasteiger partial charge in [-0.2, -0.15) is 4.39 Å². The lowest BCUT2D eigenvalue weighted by atomic mass is 10.1. The molecule has 0 aromatic heterocycles. The van der Waals surface area contributed by atoms with Gasteiger partial charge in [0, 0.05) is 0 Å². The lowest BCUT2D eigenvalue weighted by molar-refractivity contribution is -0.140. The molecule has 0 atom stereocenters. The SMILES string of the molecule is CCCCCCCCCCCCC/C=C(/F)C(=O)OCC. The third-order valence-electron chi connectivity index (χ3n) is 3.60. The topological polar surface area (TPSA) is 26.3 Å². The van der Waals surface area contributed by atoms with Crippen molar-refractivity contribution in [2.45, 2.75) is 90.9 Å². The first kappa shape index (κ1) is 20.1. The van der Waals surface area contributed by atoms with Crippen LogP contribution in [0.15, 0.2) is 11.9 Å². The molecule has 0 saturated heterocycles. The summed E-state index contributed by atoms with van der Waals surface area (Å²) in [4.78, 5) is 11.0. The number of hydrogen-bond donors (Lipinski definition) is 0. The van der Waals surface area contributed by atoms with E-state index in [1.807, 2.05) is 0 Å². The minimum Gasteiger partial charge on any atom is -0.461 e. The standard InChI is InChI=1S/C18H33FO2/c1-3-5-6-7-8-9-10-11-12-13-14-15-16-17(19)18(20)21-4-2/h16H,3-15H2,1-2H3/b17-16+. The molecule has 0 N–H and O–H groups in total. The van der Waals surface area contributed by atoms with Gasteiger partial charge in [0.2, 0.25) is 5.83 Å². The van der Waals surface area contributed by atoms with E-state index in [-0.39, 0.29) is 6.61 Å². The summed E-state index contributed by atoms with van der Waals surface area (Å²) < 4.78 is 17.8. The number of rotatable bonds is 14. The molecule has 0 bridgehead atoms. The van der Waals surface area contributed by atoms with Gasteiger partial charge < -0.3 is 4.74 Å². The van der Waals surface area contributed by atoms with E-state index in [0.29, 0.717) is 6.42 Å². The Morgan fingerprint density at radius 2 is 1.33 bits per heavy atom. The van der Waals surface area contributed by atoms with E-state index < -0.39 is 11.8 Å². The van der Waals surface area contributed by atoms with Crippen LogP contribution in [0.4, 0.5) is 4.39 Å². The Bertz CT molecular complexity index is 274. The number of halogens is 1. The molecule has 0 spiro atoms. The number of allylic oxidation sites excluding steroid dienone is 1. The van der Waals surface area contributed by atoms with Gasteiger partial charge in [-0.1, -0.05) is 71.1 Å². The monoisotopic (exact) mass is 300 g/mol. The Morgan fingerprint density at radius 3 is 1.81 bits per heavy atom. The molecule has 0 aromatic rings. The highest BCUT2D eigenvalue weighted by Crippen LogP contribution is 2.12. The molecule has 0 radical (unpaired) electrons. The molecular weight excluding hydrogens is 267 g/mol. The van der Waals surface area contributed by atoms with Crippen LogP contribution >= 0.6 is 0 Å². The summed E-state index contributed by atoms with van der Waals surface area (Å²) >= 11 is 0. The van der Waals surface area contributed by atoms with Gasteiger partial charge >= 0.3 is 5.97 Å². The highest BCUT2D eigenvalue weighted by Gasteiger charge is 2.07. The lowest BCUT2D eigenvalue weighted by Gasteiger charge is -2.02. The molecule has 0 aliphatic rings. The highest BCUT2D eigenvalue weighted by molar-refractivity contribution is 5.85. The highest BCUT2D eigenvalue weighted by atomic mass is 19.1. The van der Waals surface area contributed by atoms with E-state index in [1.54, 1.807) is 6.92 Å². The van der Waals surface area contributed by atoms with Crippen LogP contribution in [0, 0.1) is 0 Å². The molecule has 21 heavy (non-hydrogen) atoms. The van der Waals surface area contributed by atoms with Gasteiger partial charge in [-0.05, 0) is 25.8 Å². The second-order valence-electron chi connectivity index (χ2n) is 5.60. The number of esters is 1. The lowest BCUT2D eigenvalue weighted by Crippen LogP contribution is -2.04. The Balaban J connectivity index is 3.29. The van der Waals surface area contributed by atoms with Crippen LogP contribution < -0.4 is 0 Å². The van der Waals surface area contributed by atoms with Gasteiger partial charge in [0.05, 0.1) is 6.61 Å². The molecule has 0 heterocycles. The first-order valence-corrected chi connectivity index (χ1v) is 8.75. The molecular formula is C18H33FO2. The van der Waals surface area contributed by atoms with Crippen LogP contribution in [0.5, 0.6) is 0 Å². The average molecular weight is 300 g/mol. The fourth-order valence-electron chi connectivity index (χ4n) is 2.32. The summed E-state index contributed by atoms with van der Waals surface area (Å²) in [5.41, 5.74) is 0. The van der Waals surface area contributed by atoms with Crippen LogP contribution in [-0.2, 0) is 9.53 Å². The van der Waals surface area contributed by atoms with Crippen molar-refractivity contribution in [1.29, 1.82) is 0 Å². The average Bonchev–Trinajstić information content (AvgIpc) is 2.48. The van der Waals surface area contributed by atoms with E-state index in [1.165, 1.54) is 63.9 Å². The first-order chi connectivity index (χ1) is 10.2. The third kappa shape index (κ3) is 13.9. The van der Waals surface area contributed by atoms with Crippen LogP contribution in [-0.4, -0.2) is 12.6 Å². The normalized spacial score (nSPS) is 11.7. The van der Waals surface area contributed by atoms with Crippen molar-refractivity contribution in [2.24, 2.45) is 0 Å². The first-order valence-electron chi connectivity index (χ1n) is 8.75. The molecule has 0 unspecified atom stereocenters. The number of ether oxygens (including phenoxy) is 1. The van der Waals surface area contributed by atoms with Crippen LogP contribution in [0.1, 0.15) is 90.9 Å². The summed E-state index contributed by atoms with van der Waals surface area (Å²) in [5.74, 6) is -1.58. The largest absolute Gasteiger partial charge is 0.461 e. The van der Waals surface area contributed by atoms with Crippen molar-refractivity contribution in [3.63, 3.8) is 0 Å². The minimum atomic E-state index is -0.833. The molecule has 2 nitrogen and oxygen atoms in total. The maximum Gasteiger partial charge on any atom is 0.366 e. The number of unbranched alkanes of at least 4 members (excludes halogenated alkanes) is 11. The van der Waals surface area contributed by atoms with Gasteiger partial charge in [0.15, 0.2) is 0 Å². The molecule has 124 valence electrons. The maximum absolute atomic E-state index is 13.2. The fourth-order valence-corrected chi connectivity index (χ4v) is 2.32. The van der Waals surface area contributed by atoms with E-state index >= 15 is 0 Å². The predicted octanol–water partition coefficient (Wildman–Crippen LogP) is 6.10. The second-order valence-corrected chi connectivity index (χ2v) is 5.60. The van der Waals surface area contributed by atoms with Crippen molar-refractivity contribution in [2.75, 3.05) is 6.61 Å². The van der Waals surface area contributed by atoms with Gasteiger partial charge in [0.25, 0.3) is 0 Å². The van der Waals surface area contributed by atoms with E-state index in [9.17, 15) is 9.18 Å². The summed E-state index contributed by atoms with van der Waals surface area (Å²) in [5, 5.41) is 0. The zero-order valence-electron chi connectivity index (χ0n) is 14.0. The Labute approximate surface area is 130 Å². The van der Waals surface area contributed by atoms with Gasteiger partial charge in [-0.15, -0.1) is 0 Å². The molecule has 3 heteroatoms. The van der Waals surface area contributed by atoms with Crippen LogP contribution in [0.25, 0.3) is 0 Å². The molecule has 0 fully saturated rings. The van der Waals surface area contributed by atoms with Crippen molar-refractivity contribution in [3.05, 3.63) is 11.9 Å². The quantitative estimate of drug-likeness (QED) is 0.220. The van der Waals surface area contributed by atoms with Crippen molar-refractivity contribution in [3.8, 4) is 0 Å². The zero-order valence-corrected chi connectivity index (χ0v) is 14.0. The molecule has 0 amide bonds. The molecule has 0 aliphatic carbocycles. The summed E-state index contributed by atoms with van der Waals surface area (Å²) in [6.45, 7) is 4.14. The number of hydrogen-bond acceptors (Lipinski definition) is 2. The third-order valence-corrected chi connectivity index (χ3v) is 3.60. The van der Waals surface area contributed by atoms with Crippen molar-refractivity contribution >= 4 is 5.97 Å². The predicted molar refractivity (Wildman–Crippen MR) is 86.9 cm³/mol. The Hall–Kier alpha value is -0.860. The van der Waals surface area contributed by atoms with Gasteiger partial charge in [0.1, 0.15) is 0 Å².